The third-order valence-electron chi connectivity index (χ3n) is 3.28. The molecule has 2 aromatic carbocycles. The number of ether oxygens (including phenoxy) is 1. The van der Waals surface area contributed by atoms with E-state index in [1.807, 2.05) is 18.2 Å². The van der Waals surface area contributed by atoms with Gasteiger partial charge in [-0.3, -0.25) is 9.59 Å². The van der Waals surface area contributed by atoms with Gasteiger partial charge in [-0.15, -0.1) is 0 Å². The Bertz CT molecular complexity index is 625. The van der Waals surface area contributed by atoms with E-state index in [1.54, 1.807) is 36.4 Å². The van der Waals surface area contributed by atoms with E-state index in [0.717, 1.165) is 12.8 Å². The lowest BCUT2D eigenvalue weighted by Gasteiger charge is -2.05. The molecule has 0 N–H and O–H groups in total. The van der Waals surface area contributed by atoms with Gasteiger partial charge in [0.25, 0.3) is 0 Å². The number of benzene rings is 2. The van der Waals surface area contributed by atoms with Crippen molar-refractivity contribution in [3.8, 4) is 5.75 Å². The Morgan fingerprint density at radius 3 is 2.05 bits per heavy atom. The molecule has 1 fully saturated rings. The highest BCUT2D eigenvalue weighted by molar-refractivity contribution is 6.09. The largest absolute Gasteiger partial charge is 0.426 e. The van der Waals surface area contributed by atoms with Crippen LogP contribution in [0.4, 0.5) is 0 Å². The normalized spacial score (nSPS) is 13.8. The first-order valence-corrected chi connectivity index (χ1v) is 6.65. The summed E-state index contributed by atoms with van der Waals surface area (Å²) < 4.78 is 5.23. The SMILES string of the molecule is O=C(c1ccccc1)c1ccc(OC(=O)C2CC2)cc1. The fourth-order valence-corrected chi connectivity index (χ4v) is 1.95. The summed E-state index contributed by atoms with van der Waals surface area (Å²) in [4.78, 5) is 23.7. The van der Waals surface area contributed by atoms with Gasteiger partial charge in [-0.2, -0.15) is 0 Å². The van der Waals surface area contributed by atoms with E-state index < -0.39 is 0 Å². The van der Waals surface area contributed by atoms with Crippen molar-refractivity contribution in [1.82, 2.24) is 0 Å². The predicted molar refractivity (Wildman–Crippen MR) is 74.7 cm³/mol. The Labute approximate surface area is 117 Å². The molecule has 0 bridgehead atoms. The summed E-state index contributed by atoms with van der Waals surface area (Å²) >= 11 is 0. The van der Waals surface area contributed by atoms with Crippen LogP contribution in [0.15, 0.2) is 54.6 Å². The highest BCUT2D eigenvalue weighted by Crippen LogP contribution is 2.30. The zero-order valence-corrected chi connectivity index (χ0v) is 10.9. The lowest BCUT2D eigenvalue weighted by molar-refractivity contribution is -0.135. The van der Waals surface area contributed by atoms with Crippen molar-refractivity contribution in [2.24, 2.45) is 5.92 Å². The van der Waals surface area contributed by atoms with Crippen LogP contribution in [0.3, 0.4) is 0 Å². The molecule has 2 aromatic rings. The first kappa shape index (κ1) is 12.6. The van der Waals surface area contributed by atoms with Crippen LogP contribution in [-0.4, -0.2) is 11.8 Å². The summed E-state index contributed by atoms with van der Waals surface area (Å²) in [6.45, 7) is 0. The fraction of sp³-hybridized carbons (Fsp3) is 0.176. The predicted octanol–water partition coefficient (Wildman–Crippen LogP) is 3.23. The summed E-state index contributed by atoms with van der Waals surface area (Å²) in [7, 11) is 0. The number of esters is 1. The molecule has 1 aliphatic rings. The van der Waals surface area contributed by atoms with Gasteiger partial charge >= 0.3 is 5.97 Å². The van der Waals surface area contributed by atoms with Crippen molar-refractivity contribution in [3.63, 3.8) is 0 Å². The first-order valence-electron chi connectivity index (χ1n) is 6.65. The average molecular weight is 266 g/mol. The molecule has 0 saturated heterocycles. The van der Waals surface area contributed by atoms with Crippen molar-refractivity contribution < 1.29 is 14.3 Å². The Hall–Kier alpha value is -2.42. The van der Waals surface area contributed by atoms with E-state index >= 15 is 0 Å². The topological polar surface area (TPSA) is 43.4 Å². The summed E-state index contributed by atoms with van der Waals surface area (Å²) in [5.74, 6) is 0.352. The number of carbonyl (C=O) groups is 2. The van der Waals surface area contributed by atoms with Gasteiger partial charge in [0.1, 0.15) is 5.75 Å². The average Bonchev–Trinajstić information content (AvgIpc) is 3.33. The minimum absolute atomic E-state index is 0.0364. The molecule has 0 unspecified atom stereocenters. The number of ketones is 1. The van der Waals surface area contributed by atoms with E-state index in [1.165, 1.54) is 0 Å². The molecule has 3 heteroatoms. The van der Waals surface area contributed by atoms with Crippen molar-refractivity contribution >= 4 is 11.8 Å². The molecule has 0 spiro atoms. The molecule has 0 amide bonds. The van der Waals surface area contributed by atoms with Crippen molar-refractivity contribution in [1.29, 1.82) is 0 Å². The minimum Gasteiger partial charge on any atom is -0.426 e. The summed E-state index contributed by atoms with van der Waals surface area (Å²) in [5.41, 5.74) is 1.23. The maximum Gasteiger partial charge on any atom is 0.314 e. The number of hydrogen-bond acceptors (Lipinski definition) is 3. The van der Waals surface area contributed by atoms with Gasteiger partial charge in [-0.1, -0.05) is 30.3 Å². The molecule has 0 aliphatic heterocycles. The van der Waals surface area contributed by atoms with Gasteiger partial charge in [0.2, 0.25) is 0 Å². The fourth-order valence-electron chi connectivity index (χ4n) is 1.95. The highest BCUT2D eigenvalue weighted by atomic mass is 16.5. The molecule has 0 atom stereocenters. The van der Waals surface area contributed by atoms with Gasteiger partial charge in [0.15, 0.2) is 5.78 Å². The Morgan fingerprint density at radius 2 is 1.45 bits per heavy atom. The standard InChI is InChI=1S/C17H14O3/c18-16(12-4-2-1-3-5-12)13-8-10-15(11-9-13)20-17(19)14-6-7-14/h1-5,8-11,14H,6-7H2. The van der Waals surface area contributed by atoms with Gasteiger partial charge in [-0.25, -0.2) is 0 Å². The van der Waals surface area contributed by atoms with Gasteiger partial charge in [-0.05, 0) is 37.1 Å². The smallest absolute Gasteiger partial charge is 0.314 e. The van der Waals surface area contributed by atoms with E-state index in [0.29, 0.717) is 16.9 Å². The number of hydrogen-bond donors (Lipinski definition) is 0. The maximum atomic E-state index is 12.2. The van der Waals surface area contributed by atoms with Crippen LogP contribution >= 0.6 is 0 Å². The first-order chi connectivity index (χ1) is 9.74. The maximum absolute atomic E-state index is 12.2. The second-order valence-corrected chi connectivity index (χ2v) is 4.91. The van der Waals surface area contributed by atoms with Crippen LogP contribution in [0.2, 0.25) is 0 Å². The van der Waals surface area contributed by atoms with Gasteiger partial charge in [0.05, 0.1) is 5.92 Å². The Kier molecular flexibility index (Phi) is 3.33. The van der Waals surface area contributed by atoms with Crippen molar-refractivity contribution in [2.45, 2.75) is 12.8 Å². The zero-order chi connectivity index (χ0) is 13.9. The molecule has 0 heterocycles. The summed E-state index contributed by atoms with van der Waals surface area (Å²) in [6.07, 6.45) is 1.84. The molecule has 3 nitrogen and oxygen atoms in total. The van der Waals surface area contributed by atoms with Crippen LogP contribution in [0, 0.1) is 5.92 Å². The van der Waals surface area contributed by atoms with Crippen molar-refractivity contribution in [2.75, 3.05) is 0 Å². The third-order valence-corrected chi connectivity index (χ3v) is 3.28. The quantitative estimate of drug-likeness (QED) is 0.485. The molecule has 0 aromatic heterocycles. The van der Waals surface area contributed by atoms with Crippen molar-refractivity contribution in [3.05, 3.63) is 65.7 Å². The Balaban J connectivity index is 1.72. The van der Waals surface area contributed by atoms with Gasteiger partial charge in [0, 0.05) is 11.1 Å². The molecule has 3 rings (SSSR count). The molecule has 100 valence electrons. The molecular weight excluding hydrogens is 252 g/mol. The third kappa shape index (κ3) is 2.77. The van der Waals surface area contributed by atoms with E-state index in [-0.39, 0.29) is 17.7 Å². The zero-order valence-electron chi connectivity index (χ0n) is 10.9. The van der Waals surface area contributed by atoms with Gasteiger partial charge < -0.3 is 4.74 Å². The summed E-state index contributed by atoms with van der Waals surface area (Å²) in [5, 5.41) is 0. The van der Waals surface area contributed by atoms with Crippen LogP contribution < -0.4 is 4.74 Å². The van der Waals surface area contributed by atoms with E-state index in [2.05, 4.69) is 0 Å². The van der Waals surface area contributed by atoms with Crippen LogP contribution in [0.5, 0.6) is 5.75 Å². The molecule has 0 radical (unpaired) electrons. The van der Waals surface area contributed by atoms with Crippen LogP contribution in [0.1, 0.15) is 28.8 Å². The lowest BCUT2D eigenvalue weighted by Crippen LogP contribution is -2.10. The molecule has 1 aliphatic carbocycles. The minimum atomic E-state index is -0.174. The second-order valence-electron chi connectivity index (χ2n) is 4.91. The molecule has 20 heavy (non-hydrogen) atoms. The number of carbonyl (C=O) groups excluding carboxylic acids is 2. The highest BCUT2D eigenvalue weighted by Gasteiger charge is 2.31. The van der Waals surface area contributed by atoms with E-state index in [9.17, 15) is 9.59 Å². The Morgan fingerprint density at radius 1 is 0.850 bits per heavy atom. The summed E-state index contributed by atoms with van der Waals surface area (Å²) in [6, 6.07) is 15.8. The van der Waals surface area contributed by atoms with Crippen LogP contribution in [0.25, 0.3) is 0 Å². The van der Waals surface area contributed by atoms with Crippen LogP contribution in [-0.2, 0) is 4.79 Å². The lowest BCUT2D eigenvalue weighted by atomic mass is 10.0. The second kappa shape index (κ2) is 5.29. The molecule has 1 saturated carbocycles. The van der Waals surface area contributed by atoms with E-state index in [4.69, 9.17) is 4.74 Å². The monoisotopic (exact) mass is 266 g/mol. The number of rotatable bonds is 4. The molecular formula is C17H14O3.